The molecule has 18 heavy (non-hydrogen) atoms. The minimum absolute atomic E-state index is 0.262. The summed E-state index contributed by atoms with van der Waals surface area (Å²) < 4.78 is 35.5. The van der Waals surface area contributed by atoms with Crippen molar-refractivity contribution in [3.8, 4) is 17.6 Å². The summed E-state index contributed by atoms with van der Waals surface area (Å²) in [6, 6.07) is 6.13. The molecule has 0 aliphatic rings. The van der Waals surface area contributed by atoms with Gasteiger partial charge in [0.1, 0.15) is 0 Å². The van der Waals surface area contributed by atoms with E-state index in [0.29, 0.717) is 17.1 Å². The largest absolute Gasteiger partial charge is 0.493 e. The van der Waals surface area contributed by atoms with Gasteiger partial charge in [-0.3, -0.25) is 0 Å². The van der Waals surface area contributed by atoms with Crippen LogP contribution >= 0.6 is 0 Å². The monoisotopic (exact) mass is 256 g/mol. The molecule has 0 aliphatic carbocycles. The van der Waals surface area contributed by atoms with Crippen molar-refractivity contribution in [2.45, 2.75) is 18.4 Å². The minimum atomic E-state index is -2.92. The fourth-order valence-electron chi connectivity index (χ4n) is 1.49. The molecule has 0 fully saturated rings. The first-order valence-electron chi connectivity index (χ1n) is 5.16. The number of hydrogen-bond donors (Lipinski definition) is 1. The first-order chi connectivity index (χ1) is 8.46. The summed E-state index contributed by atoms with van der Waals surface area (Å²) in [7, 11) is 2.91. The smallest absolute Gasteiger partial charge is 0.269 e. The number of methoxy groups -OCH3 is 2. The molecule has 0 spiro atoms. The van der Waals surface area contributed by atoms with E-state index in [9.17, 15) is 8.78 Å². The number of nitrogens with zero attached hydrogens (tertiary/aromatic N) is 1. The fraction of sp³-hybridized carbons (Fsp3) is 0.417. The standard InChI is InChI=1S/C12H14F2N2O2/c1-17-9-4-3-8(5-10(9)18-2)6-12(16,7-15)11(13)14/h3-5,11H,6,16H2,1-2H3. The van der Waals surface area contributed by atoms with E-state index < -0.39 is 12.0 Å². The van der Waals surface area contributed by atoms with Crippen LogP contribution in [0, 0.1) is 11.3 Å². The zero-order valence-corrected chi connectivity index (χ0v) is 10.1. The number of nitrogens with two attached hydrogens (primary N) is 1. The van der Waals surface area contributed by atoms with Crippen LogP contribution in [0.15, 0.2) is 18.2 Å². The van der Waals surface area contributed by atoms with Crippen LogP contribution in [0.1, 0.15) is 5.56 Å². The Morgan fingerprint density at radius 3 is 2.39 bits per heavy atom. The van der Waals surface area contributed by atoms with E-state index in [2.05, 4.69) is 0 Å². The van der Waals surface area contributed by atoms with Crippen LogP contribution in [-0.4, -0.2) is 26.2 Å². The second kappa shape index (κ2) is 5.65. The van der Waals surface area contributed by atoms with Gasteiger partial charge in [-0.25, -0.2) is 8.78 Å². The number of rotatable bonds is 5. The lowest BCUT2D eigenvalue weighted by Gasteiger charge is -2.20. The van der Waals surface area contributed by atoms with Crippen LogP contribution < -0.4 is 15.2 Å². The molecule has 4 nitrogen and oxygen atoms in total. The van der Waals surface area contributed by atoms with Crippen LogP contribution in [0.2, 0.25) is 0 Å². The molecule has 0 saturated heterocycles. The third kappa shape index (κ3) is 2.87. The third-order valence-corrected chi connectivity index (χ3v) is 2.54. The van der Waals surface area contributed by atoms with E-state index in [1.54, 1.807) is 12.1 Å². The van der Waals surface area contributed by atoms with E-state index in [4.69, 9.17) is 20.5 Å². The summed E-state index contributed by atoms with van der Waals surface area (Å²) in [4.78, 5) is 0. The van der Waals surface area contributed by atoms with Crippen LogP contribution in [0.5, 0.6) is 11.5 Å². The quantitative estimate of drug-likeness (QED) is 0.871. The van der Waals surface area contributed by atoms with Crippen LogP contribution in [0.4, 0.5) is 8.78 Å². The Bertz CT molecular complexity index is 460. The molecule has 1 atom stereocenters. The van der Waals surface area contributed by atoms with E-state index >= 15 is 0 Å². The van der Waals surface area contributed by atoms with E-state index in [1.807, 2.05) is 0 Å². The molecule has 0 amide bonds. The molecule has 2 N–H and O–H groups in total. The second-order valence-corrected chi connectivity index (χ2v) is 3.82. The van der Waals surface area contributed by atoms with Crippen molar-refractivity contribution in [1.29, 1.82) is 5.26 Å². The van der Waals surface area contributed by atoms with Gasteiger partial charge < -0.3 is 15.2 Å². The highest BCUT2D eigenvalue weighted by atomic mass is 19.3. The van der Waals surface area contributed by atoms with Crippen molar-refractivity contribution >= 4 is 0 Å². The van der Waals surface area contributed by atoms with Gasteiger partial charge in [0.25, 0.3) is 6.43 Å². The summed E-state index contributed by atoms with van der Waals surface area (Å²) >= 11 is 0. The Morgan fingerprint density at radius 1 is 1.33 bits per heavy atom. The zero-order chi connectivity index (χ0) is 13.8. The van der Waals surface area contributed by atoms with Crippen molar-refractivity contribution in [2.24, 2.45) is 5.73 Å². The molecule has 0 aromatic heterocycles. The number of nitriles is 1. The number of hydrogen-bond acceptors (Lipinski definition) is 4. The maximum Gasteiger partial charge on any atom is 0.269 e. The highest BCUT2D eigenvalue weighted by Gasteiger charge is 2.36. The molecule has 1 rings (SSSR count). The van der Waals surface area contributed by atoms with Gasteiger partial charge in [-0.2, -0.15) is 5.26 Å². The molecule has 1 aromatic carbocycles. The van der Waals surface area contributed by atoms with Gasteiger partial charge in [0.05, 0.1) is 20.3 Å². The lowest BCUT2D eigenvalue weighted by atomic mass is 9.93. The highest BCUT2D eigenvalue weighted by molar-refractivity contribution is 5.43. The number of alkyl halides is 2. The van der Waals surface area contributed by atoms with Crippen molar-refractivity contribution < 1.29 is 18.3 Å². The molecule has 1 unspecified atom stereocenters. The molecule has 0 aliphatic heterocycles. The molecular weight excluding hydrogens is 242 g/mol. The number of halogens is 2. The molecule has 0 saturated carbocycles. The summed E-state index contributed by atoms with van der Waals surface area (Å²) in [5, 5.41) is 8.73. The first-order valence-corrected chi connectivity index (χ1v) is 5.16. The molecule has 98 valence electrons. The summed E-state index contributed by atoms with van der Waals surface area (Å²) in [6.07, 6.45) is -3.18. The third-order valence-electron chi connectivity index (χ3n) is 2.54. The highest BCUT2D eigenvalue weighted by Crippen LogP contribution is 2.29. The van der Waals surface area contributed by atoms with Crippen molar-refractivity contribution in [3.63, 3.8) is 0 Å². The lowest BCUT2D eigenvalue weighted by molar-refractivity contribution is 0.0831. The Balaban J connectivity index is 3.02. The first kappa shape index (κ1) is 14.2. The van der Waals surface area contributed by atoms with Gasteiger partial charge in [-0.1, -0.05) is 6.07 Å². The van der Waals surface area contributed by atoms with Gasteiger partial charge in [-0.05, 0) is 17.7 Å². The summed E-state index contributed by atoms with van der Waals surface area (Å²) in [6.45, 7) is 0. The SMILES string of the molecule is COc1ccc(CC(N)(C#N)C(F)F)cc1OC. The van der Waals surface area contributed by atoms with Crippen molar-refractivity contribution in [3.05, 3.63) is 23.8 Å². The van der Waals surface area contributed by atoms with E-state index in [1.165, 1.54) is 26.4 Å². The van der Waals surface area contributed by atoms with Crippen molar-refractivity contribution in [1.82, 2.24) is 0 Å². The summed E-state index contributed by atoms with van der Waals surface area (Å²) in [5.74, 6) is 0.891. The average molecular weight is 256 g/mol. The molecule has 1 aromatic rings. The number of ether oxygens (including phenoxy) is 2. The molecular formula is C12H14F2N2O2. The molecule has 6 heteroatoms. The fourth-order valence-corrected chi connectivity index (χ4v) is 1.49. The predicted molar refractivity (Wildman–Crippen MR) is 61.8 cm³/mol. The Kier molecular flexibility index (Phi) is 4.45. The Morgan fingerprint density at radius 2 is 1.94 bits per heavy atom. The van der Waals surface area contributed by atoms with Gasteiger partial charge in [0.15, 0.2) is 17.0 Å². The average Bonchev–Trinajstić information content (AvgIpc) is 2.38. The van der Waals surface area contributed by atoms with Crippen LogP contribution in [0.3, 0.4) is 0 Å². The van der Waals surface area contributed by atoms with Crippen molar-refractivity contribution in [2.75, 3.05) is 14.2 Å². The molecule has 0 heterocycles. The Hall–Kier alpha value is -1.87. The predicted octanol–water partition coefficient (Wildman–Crippen LogP) is 1.73. The maximum absolute atomic E-state index is 12.7. The molecule has 0 bridgehead atoms. The van der Waals surface area contributed by atoms with E-state index in [-0.39, 0.29) is 6.42 Å². The van der Waals surface area contributed by atoms with Gasteiger partial charge >= 0.3 is 0 Å². The minimum Gasteiger partial charge on any atom is -0.493 e. The number of benzene rings is 1. The van der Waals surface area contributed by atoms with Gasteiger partial charge in [0, 0.05) is 6.42 Å². The second-order valence-electron chi connectivity index (χ2n) is 3.82. The lowest BCUT2D eigenvalue weighted by Crippen LogP contribution is -2.47. The van der Waals surface area contributed by atoms with Gasteiger partial charge in [0.2, 0.25) is 0 Å². The maximum atomic E-state index is 12.7. The Labute approximate surface area is 104 Å². The summed E-state index contributed by atoms with van der Waals surface area (Å²) in [5.41, 5.74) is 3.64. The van der Waals surface area contributed by atoms with E-state index in [0.717, 1.165) is 0 Å². The normalized spacial score (nSPS) is 13.8. The topological polar surface area (TPSA) is 68.3 Å². The van der Waals surface area contributed by atoms with Crippen LogP contribution in [0.25, 0.3) is 0 Å². The molecule has 0 radical (unpaired) electrons. The van der Waals surface area contributed by atoms with Gasteiger partial charge in [-0.15, -0.1) is 0 Å². The zero-order valence-electron chi connectivity index (χ0n) is 10.1. The van der Waals surface area contributed by atoms with Crippen LogP contribution in [-0.2, 0) is 6.42 Å².